The number of hydrogen-bond acceptors (Lipinski definition) is 4. The van der Waals surface area contributed by atoms with E-state index in [-0.39, 0.29) is 21.6 Å². The fourth-order valence-electron chi connectivity index (χ4n) is 3.00. The molecule has 1 aromatic rings. The second kappa shape index (κ2) is 8.76. The highest BCUT2D eigenvalue weighted by Crippen LogP contribution is 2.27. The molecule has 0 bridgehead atoms. The molecule has 1 aromatic carbocycles. The maximum atomic E-state index is 12.8. The molecule has 1 amide bonds. The summed E-state index contributed by atoms with van der Waals surface area (Å²) in [5.74, 6) is 0.286. The Labute approximate surface area is 162 Å². The number of carbonyl (C=O) groups is 1. The molecule has 2 rings (SSSR count). The molecule has 26 heavy (non-hydrogen) atoms. The van der Waals surface area contributed by atoms with E-state index in [4.69, 9.17) is 0 Å². The molecule has 0 radical (unpaired) electrons. The summed E-state index contributed by atoms with van der Waals surface area (Å²) < 4.78 is 27.2. The average molecular weight is 399 g/mol. The van der Waals surface area contributed by atoms with Gasteiger partial charge in [-0.25, -0.2) is 8.42 Å². The third kappa shape index (κ3) is 5.99. The van der Waals surface area contributed by atoms with Crippen molar-refractivity contribution < 1.29 is 13.2 Å². The number of nitrogens with zero attached hydrogens (tertiary/aromatic N) is 1. The van der Waals surface area contributed by atoms with Gasteiger partial charge in [-0.3, -0.25) is 4.79 Å². The summed E-state index contributed by atoms with van der Waals surface area (Å²) in [5.41, 5.74) is 0.615. The van der Waals surface area contributed by atoms with E-state index >= 15 is 0 Å². The molecule has 1 fully saturated rings. The van der Waals surface area contributed by atoms with Gasteiger partial charge in [-0.2, -0.15) is 4.31 Å². The van der Waals surface area contributed by atoms with Crippen LogP contribution in [-0.2, 0) is 14.8 Å². The van der Waals surface area contributed by atoms with E-state index in [0.29, 0.717) is 11.4 Å². The first kappa shape index (κ1) is 21.3. The lowest BCUT2D eigenvalue weighted by molar-refractivity contribution is -0.113. The van der Waals surface area contributed by atoms with Crippen molar-refractivity contribution in [3.63, 3.8) is 0 Å². The number of thioether (sulfide) groups is 1. The van der Waals surface area contributed by atoms with Gasteiger partial charge in [0, 0.05) is 23.5 Å². The maximum Gasteiger partial charge on any atom is 0.243 e. The Morgan fingerprint density at radius 1 is 1.15 bits per heavy atom. The largest absolute Gasteiger partial charge is 0.325 e. The van der Waals surface area contributed by atoms with Crippen LogP contribution in [0.4, 0.5) is 5.69 Å². The Morgan fingerprint density at radius 3 is 2.27 bits per heavy atom. The number of hydrogen-bond donors (Lipinski definition) is 1. The van der Waals surface area contributed by atoms with Crippen LogP contribution in [0.3, 0.4) is 0 Å². The van der Waals surface area contributed by atoms with Crippen molar-refractivity contribution >= 4 is 33.4 Å². The van der Waals surface area contributed by atoms with E-state index in [2.05, 4.69) is 26.1 Å². The van der Waals surface area contributed by atoms with Gasteiger partial charge in [-0.1, -0.05) is 40.0 Å². The maximum absolute atomic E-state index is 12.8. The van der Waals surface area contributed by atoms with Gasteiger partial charge in [0.05, 0.1) is 10.6 Å². The molecule has 0 aromatic heterocycles. The standard InChI is InChI=1S/C19H30N2O3S2/c1-19(2,3)25-14-18(22)20-15-10-12-17(13-11-15)26(23,24)21(4)16-8-6-5-7-9-16/h10-13,16H,5-9,14H2,1-4H3,(H,20,22). The van der Waals surface area contributed by atoms with Crippen LogP contribution in [0.15, 0.2) is 29.2 Å². The van der Waals surface area contributed by atoms with Crippen molar-refractivity contribution in [2.45, 2.75) is 68.6 Å². The Kier molecular flexibility index (Phi) is 7.16. The lowest BCUT2D eigenvalue weighted by atomic mass is 9.96. The summed E-state index contributed by atoms with van der Waals surface area (Å²) in [5, 5.41) is 2.82. The quantitative estimate of drug-likeness (QED) is 0.783. The molecule has 1 aliphatic rings. The number of anilines is 1. The van der Waals surface area contributed by atoms with Gasteiger partial charge < -0.3 is 5.32 Å². The Balaban J connectivity index is 2.00. The highest BCUT2D eigenvalue weighted by atomic mass is 32.2. The number of rotatable bonds is 6. The zero-order chi connectivity index (χ0) is 19.4. The monoisotopic (exact) mass is 398 g/mol. The zero-order valence-electron chi connectivity index (χ0n) is 16.1. The summed E-state index contributed by atoms with van der Waals surface area (Å²) in [6, 6.07) is 6.53. The second-order valence-corrected chi connectivity index (χ2v) is 11.6. The van der Waals surface area contributed by atoms with Gasteiger partial charge in [0.2, 0.25) is 15.9 Å². The molecule has 0 unspecified atom stereocenters. The zero-order valence-corrected chi connectivity index (χ0v) is 17.8. The average Bonchev–Trinajstić information content (AvgIpc) is 2.60. The molecule has 1 aliphatic carbocycles. The fourth-order valence-corrected chi connectivity index (χ4v) is 5.05. The number of sulfonamides is 1. The summed E-state index contributed by atoms with van der Waals surface area (Å²) in [6.07, 6.45) is 5.21. The first-order valence-electron chi connectivity index (χ1n) is 9.11. The molecule has 0 saturated heterocycles. The van der Waals surface area contributed by atoms with E-state index in [1.54, 1.807) is 43.1 Å². The van der Waals surface area contributed by atoms with Crippen LogP contribution in [0.5, 0.6) is 0 Å². The minimum atomic E-state index is -3.50. The van der Waals surface area contributed by atoms with Gasteiger partial charge in [-0.15, -0.1) is 11.8 Å². The second-order valence-electron chi connectivity index (χ2n) is 7.79. The summed E-state index contributed by atoms with van der Waals surface area (Å²) in [4.78, 5) is 12.3. The lowest BCUT2D eigenvalue weighted by Crippen LogP contribution is -2.38. The smallest absolute Gasteiger partial charge is 0.243 e. The van der Waals surface area contributed by atoms with E-state index in [1.807, 2.05) is 0 Å². The van der Waals surface area contributed by atoms with Crippen molar-refractivity contribution in [1.82, 2.24) is 4.31 Å². The molecule has 5 nitrogen and oxygen atoms in total. The number of carbonyl (C=O) groups excluding carboxylic acids is 1. The van der Waals surface area contributed by atoms with Gasteiger partial charge in [-0.05, 0) is 37.1 Å². The van der Waals surface area contributed by atoms with Crippen molar-refractivity contribution in [1.29, 1.82) is 0 Å². The first-order chi connectivity index (χ1) is 12.1. The third-order valence-electron chi connectivity index (χ3n) is 4.54. The molecule has 1 saturated carbocycles. The van der Waals surface area contributed by atoms with Gasteiger partial charge in [0.15, 0.2) is 0 Å². The van der Waals surface area contributed by atoms with Gasteiger partial charge >= 0.3 is 0 Å². The van der Waals surface area contributed by atoms with Crippen LogP contribution in [0.25, 0.3) is 0 Å². The predicted molar refractivity (Wildman–Crippen MR) is 109 cm³/mol. The topological polar surface area (TPSA) is 66.5 Å². The SMILES string of the molecule is CN(C1CCCCC1)S(=O)(=O)c1ccc(NC(=O)CSC(C)(C)C)cc1. The van der Waals surface area contributed by atoms with Crippen molar-refractivity contribution in [2.75, 3.05) is 18.1 Å². The van der Waals surface area contributed by atoms with E-state index in [0.717, 1.165) is 25.7 Å². The third-order valence-corrected chi connectivity index (χ3v) is 7.74. The highest BCUT2D eigenvalue weighted by Gasteiger charge is 2.28. The normalized spacial score (nSPS) is 16.7. The minimum Gasteiger partial charge on any atom is -0.325 e. The Morgan fingerprint density at radius 2 is 1.73 bits per heavy atom. The Hall–Kier alpha value is -1.05. The molecule has 0 aliphatic heterocycles. The number of benzene rings is 1. The summed E-state index contributed by atoms with van der Waals surface area (Å²) >= 11 is 1.57. The van der Waals surface area contributed by atoms with E-state index in [1.165, 1.54) is 10.7 Å². The van der Waals surface area contributed by atoms with Crippen LogP contribution in [-0.4, -0.2) is 42.2 Å². The molecular formula is C19H30N2O3S2. The summed E-state index contributed by atoms with van der Waals surface area (Å²) in [7, 11) is -1.83. The predicted octanol–water partition coefficient (Wildman–Crippen LogP) is 4.11. The van der Waals surface area contributed by atoms with Crippen LogP contribution in [0.1, 0.15) is 52.9 Å². The molecule has 7 heteroatoms. The molecule has 0 heterocycles. The molecular weight excluding hydrogens is 368 g/mol. The molecule has 0 spiro atoms. The summed E-state index contributed by atoms with van der Waals surface area (Å²) in [6.45, 7) is 6.19. The highest BCUT2D eigenvalue weighted by molar-refractivity contribution is 8.01. The number of amides is 1. The Bertz CT molecular complexity index is 703. The molecule has 0 atom stereocenters. The number of nitrogens with one attached hydrogen (secondary N) is 1. The van der Waals surface area contributed by atoms with Crippen molar-refractivity contribution in [3.05, 3.63) is 24.3 Å². The molecule has 1 N–H and O–H groups in total. The van der Waals surface area contributed by atoms with Gasteiger partial charge in [0.1, 0.15) is 0 Å². The molecule has 146 valence electrons. The van der Waals surface area contributed by atoms with Crippen LogP contribution >= 0.6 is 11.8 Å². The van der Waals surface area contributed by atoms with Gasteiger partial charge in [0.25, 0.3) is 0 Å². The minimum absolute atomic E-state index is 0.0268. The van der Waals surface area contributed by atoms with Crippen molar-refractivity contribution in [2.24, 2.45) is 0 Å². The first-order valence-corrected chi connectivity index (χ1v) is 11.5. The van der Waals surface area contributed by atoms with Crippen LogP contribution in [0.2, 0.25) is 0 Å². The van der Waals surface area contributed by atoms with E-state index < -0.39 is 10.0 Å². The van der Waals surface area contributed by atoms with Crippen molar-refractivity contribution in [3.8, 4) is 0 Å². The van der Waals surface area contributed by atoms with Crippen LogP contribution in [0, 0.1) is 0 Å². The lowest BCUT2D eigenvalue weighted by Gasteiger charge is -2.30. The fraction of sp³-hybridized carbons (Fsp3) is 0.632. The van der Waals surface area contributed by atoms with E-state index in [9.17, 15) is 13.2 Å². The van der Waals surface area contributed by atoms with Crippen LogP contribution < -0.4 is 5.32 Å².